The molecule has 1 saturated heterocycles. The van der Waals surface area contributed by atoms with E-state index in [4.69, 9.17) is 4.74 Å². The topological polar surface area (TPSA) is 50.4 Å². The molecule has 2 N–H and O–H groups in total. The van der Waals surface area contributed by atoms with Crippen molar-refractivity contribution < 1.29 is 9.53 Å². The van der Waals surface area contributed by atoms with E-state index in [0.717, 1.165) is 25.9 Å². The highest BCUT2D eigenvalue weighted by Crippen LogP contribution is 2.11. The lowest BCUT2D eigenvalue weighted by Gasteiger charge is -2.21. The van der Waals surface area contributed by atoms with Gasteiger partial charge in [0.2, 0.25) is 0 Å². The van der Waals surface area contributed by atoms with Crippen molar-refractivity contribution in [3.8, 4) is 0 Å². The van der Waals surface area contributed by atoms with Crippen molar-refractivity contribution in [2.75, 3.05) is 26.7 Å². The molecule has 4 nitrogen and oxygen atoms in total. The Kier molecular flexibility index (Phi) is 3.87. The van der Waals surface area contributed by atoms with Gasteiger partial charge in [-0.25, -0.2) is 4.79 Å². The first kappa shape index (κ1) is 9.32. The predicted octanol–water partition coefficient (Wildman–Crippen LogP) is 0.342. The Balaban J connectivity index is 2.09. The maximum Gasteiger partial charge on any atom is 0.406 e. The van der Waals surface area contributed by atoms with E-state index in [2.05, 4.69) is 10.6 Å². The molecule has 0 radical (unpaired) electrons. The van der Waals surface area contributed by atoms with Crippen LogP contribution in [0.4, 0.5) is 4.79 Å². The summed E-state index contributed by atoms with van der Waals surface area (Å²) in [7, 11) is 1.57. The summed E-state index contributed by atoms with van der Waals surface area (Å²) in [6, 6.07) is 0. The summed E-state index contributed by atoms with van der Waals surface area (Å²) in [6.07, 6.45) is 1.89. The molecule has 0 unspecified atom stereocenters. The van der Waals surface area contributed by atoms with Crippen molar-refractivity contribution in [1.29, 1.82) is 0 Å². The Morgan fingerprint density at radius 2 is 2.25 bits per heavy atom. The quantitative estimate of drug-likeness (QED) is 0.631. The molecule has 1 fully saturated rings. The van der Waals surface area contributed by atoms with Crippen LogP contribution in [0.5, 0.6) is 0 Å². The van der Waals surface area contributed by atoms with Gasteiger partial charge in [0.05, 0.1) is 6.61 Å². The van der Waals surface area contributed by atoms with E-state index in [1.54, 1.807) is 7.05 Å². The summed E-state index contributed by atoms with van der Waals surface area (Å²) in [5, 5.41) is 5.69. The van der Waals surface area contributed by atoms with Gasteiger partial charge < -0.3 is 15.4 Å². The van der Waals surface area contributed by atoms with Crippen LogP contribution < -0.4 is 10.6 Å². The number of ether oxygens (including phenoxy) is 1. The van der Waals surface area contributed by atoms with Crippen LogP contribution in [0, 0.1) is 5.92 Å². The minimum absolute atomic E-state index is 0.325. The number of hydrogen-bond donors (Lipinski definition) is 2. The van der Waals surface area contributed by atoms with Crippen LogP contribution >= 0.6 is 0 Å². The molecular formula is C8H16N2O2. The van der Waals surface area contributed by atoms with E-state index < -0.39 is 0 Å². The van der Waals surface area contributed by atoms with Crippen molar-refractivity contribution in [2.45, 2.75) is 12.8 Å². The SMILES string of the molecule is CNC(=O)OCC1CCNCC1. The van der Waals surface area contributed by atoms with Crippen molar-refractivity contribution in [3.63, 3.8) is 0 Å². The summed E-state index contributed by atoms with van der Waals surface area (Å²) in [5.74, 6) is 0.545. The van der Waals surface area contributed by atoms with Gasteiger partial charge in [-0.1, -0.05) is 0 Å². The molecular weight excluding hydrogens is 156 g/mol. The fraction of sp³-hybridized carbons (Fsp3) is 0.875. The second kappa shape index (κ2) is 4.98. The molecule has 0 aromatic heterocycles. The zero-order chi connectivity index (χ0) is 8.81. The van der Waals surface area contributed by atoms with Crippen LogP contribution in [0.3, 0.4) is 0 Å². The third kappa shape index (κ3) is 3.09. The molecule has 0 aromatic rings. The van der Waals surface area contributed by atoms with Gasteiger partial charge in [0.1, 0.15) is 0 Å². The normalized spacial score (nSPS) is 18.8. The molecule has 12 heavy (non-hydrogen) atoms. The molecule has 0 aromatic carbocycles. The molecule has 0 aliphatic carbocycles. The second-order valence-corrected chi connectivity index (χ2v) is 3.04. The fourth-order valence-electron chi connectivity index (χ4n) is 1.31. The molecule has 0 atom stereocenters. The van der Waals surface area contributed by atoms with Crippen molar-refractivity contribution in [2.24, 2.45) is 5.92 Å². The van der Waals surface area contributed by atoms with Crippen LogP contribution in [-0.2, 0) is 4.74 Å². The maximum absolute atomic E-state index is 10.7. The van der Waals surface area contributed by atoms with Crippen LogP contribution in [-0.4, -0.2) is 32.8 Å². The molecule has 1 amide bonds. The first-order chi connectivity index (χ1) is 5.83. The van der Waals surface area contributed by atoms with Crippen LogP contribution in [0.15, 0.2) is 0 Å². The molecule has 1 heterocycles. The highest BCUT2D eigenvalue weighted by Gasteiger charge is 2.14. The molecule has 4 heteroatoms. The van der Waals surface area contributed by atoms with Crippen molar-refractivity contribution in [3.05, 3.63) is 0 Å². The van der Waals surface area contributed by atoms with Gasteiger partial charge in [-0.15, -0.1) is 0 Å². The Labute approximate surface area is 72.7 Å². The monoisotopic (exact) mass is 172 g/mol. The van der Waals surface area contributed by atoms with E-state index in [0.29, 0.717) is 12.5 Å². The Morgan fingerprint density at radius 3 is 2.83 bits per heavy atom. The summed E-state index contributed by atoms with van der Waals surface area (Å²) in [5.41, 5.74) is 0. The average molecular weight is 172 g/mol. The Hall–Kier alpha value is -0.770. The lowest BCUT2D eigenvalue weighted by molar-refractivity contribution is 0.120. The van der Waals surface area contributed by atoms with Crippen molar-refractivity contribution in [1.82, 2.24) is 10.6 Å². The van der Waals surface area contributed by atoms with E-state index in [1.165, 1.54) is 0 Å². The Bertz CT molecular complexity index is 144. The van der Waals surface area contributed by atoms with Gasteiger partial charge in [0.15, 0.2) is 0 Å². The summed E-state index contributed by atoms with van der Waals surface area (Å²) < 4.78 is 4.95. The van der Waals surface area contributed by atoms with Gasteiger partial charge in [0, 0.05) is 7.05 Å². The number of piperidine rings is 1. The third-order valence-corrected chi connectivity index (χ3v) is 2.11. The lowest BCUT2D eigenvalue weighted by Crippen LogP contribution is -2.31. The van der Waals surface area contributed by atoms with Crippen LogP contribution in [0.2, 0.25) is 0 Å². The number of hydrogen-bond acceptors (Lipinski definition) is 3. The molecule has 1 rings (SSSR count). The van der Waals surface area contributed by atoms with Gasteiger partial charge in [0.25, 0.3) is 0 Å². The molecule has 0 bridgehead atoms. The van der Waals surface area contributed by atoms with Gasteiger partial charge >= 0.3 is 6.09 Å². The average Bonchev–Trinajstić information content (AvgIpc) is 2.16. The predicted molar refractivity (Wildman–Crippen MR) is 46.0 cm³/mol. The zero-order valence-corrected chi connectivity index (χ0v) is 7.43. The van der Waals surface area contributed by atoms with Crippen molar-refractivity contribution >= 4 is 6.09 Å². The zero-order valence-electron chi connectivity index (χ0n) is 7.43. The molecule has 70 valence electrons. The highest BCUT2D eigenvalue weighted by atomic mass is 16.5. The molecule has 1 aliphatic heterocycles. The minimum atomic E-state index is -0.325. The number of carbonyl (C=O) groups excluding carboxylic acids is 1. The first-order valence-electron chi connectivity index (χ1n) is 4.38. The second-order valence-electron chi connectivity index (χ2n) is 3.04. The van der Waals surface area contributed by atoms with E-state index in [1.807, 2.05) is 0 Å². The smallest absolute Gasteiger partial charge is 0.406 e. The number of amides is 1. The molecule has 1 aliphatic rings. The number of nitrogens with one attached hydrogen (secondary N) is 2. The summed E-state index contributed by atoms with van der Waals surface area (Å²) in [4.78, 5) is 10.7. The maximum atomic E-state index is 10.7. The molecule has 0 spiro atoms. The van der Waals surface area contributed by atoms with Crippen LogP contribution in [0.1, 0.15) is 12.8 Å². The van der Waals surface area contributed by atoms with Crippen LogP contribution in [0.25, 0.3) is 0 Å². The van der Waals surface area contributed by atoms with Gasteiger partial charge in [-0.05, 0) is 31.8 Å². The largest absolute Gasteiger partial charge is 0.449 e. The van der Waals surface area contributed by atoms with E-state index in [9.17, 15) is 4.79 Å². The van der Waals surface area contributed by atoms with E-state index in [-0.39, 0.29) is 6.09 Å². The Morgan fingerprint density at radius 1 is 1.58 bits per heavy atom. The lowest BCUT2D eigenvalue weighted by atomic mass is 9.99. The number of rotatable bonds is 2. The number of alkyl carbamates (subject to hydrolysis) is 1. The molecule has 0 saturated carbocycles. The fourth-order valence-corrected chi connectivity index (χ4v) is 1.31. The summed E-state index contributed by atoms with van der Waals surface area (Å²) >= 11 is 0. The standard InChI is InChI=1S/C8H16N2O2/c1-9-8(11)12-6-7-2-4-10-5-3-7/h7,10H,2-6H2,1H3,(H,9,11). The first-order valence-corrected chi connectivity index (χ1v) is 4.38. The highest BCUT2D eigenvalue weighted by molar-refractivity contribution is 5.66. The number of carbonyl (C=O) groups is 1. The van der Waals surface area contributed by atoms with Gasteiger partial charge in [-0.3, -0.25) is 0 Å². The minimum Gasteiger partial charge on any atom is -0.449 e. The van der Waals surface area contributed by atoms with E-state index >= 15 is 0 Å². The van der Waals surface area contributed by atoms with Gasteiger partial charge in [-0.2, -0.15) is 0 Å². The third-order valence-electron chi connectivity index (χ3n) is 2.11. The summed E-state index contributed by atoms with van der Waals surface area (Å²) in [6.45, 7) is 2.64.